The summed E-state index contributed by atoms with van der Waals surface area (Å²) in [7, 11) is 4.39. The highest BCUT2D eigenvalue weighted by molar-refractivity contribution is 6.31. The number of furan rings is 1. The molecular weight excluding hydrogens is 761 g/mol. The number of halogens is 4. The van der Waals surface area contributed by atoms with E-state index in [9.17, 15) is 18.4 Å². The molecule has 6 aromatic rings. The van der Waals surface area contributed by atoms with Gasteiger partial charge in [0, 0.05) is 29.4 Å². The van der Waals surface area contributed by atoms with Crippen LogP contribution in [0.1, 0.15) is 44.9 Å². The van der Waals surface area contributed by atoms with Gasteiger partial charge in [-0.1, -0.05) is 35.4 Å². The van der Waals surface area contributed by atoms with Crippen molar-refractivity contribution in [2.75, 3.05) is 19.5 Å². The summed E-state index contributed by atoms with van der Waals surface area (Å²) < 4.78 is 44.5. The van der Waals surface area contributed by atoms with E-state index >= 15 is 0 Å². The number of aryl methyl sites for hydroxylation is 2. The first kappa shape index (κ1) is 41.5. The number of aromatic nitrogens is 5. The van der Waals surface area contributed by atoms with Crippen molar-refractivity contribution in [3.8, 4) is 22.8 Å². The van der Waals surface area contributed by atoms with Gasteiger partial charge in [-0.3, -0.25) is 0 Å². The zero-order chi connectivity index (χ0) is 40.4. The van der Waals surface area contributed by atoms with Crippen LogP contribution in [0.3, 0.4) is 0 Å². The minimum atomic E-state index is -0.625. The number of nitrogens with one attached hydrogen (secondary N) is 1. The third kappa shape index (κ3) is 10.0. The number of nitrogens with zero attached hydrogens (tertiary/aromatic N) is 5. The Kier molecular flexibility index (Phi) is 14.1. The third-order valence-corrected chi connectivity index (χ3v) is 8.35. The van der Waals surface area contributed by atoms with Gasteiger partial charge in [-0.05, 0) is 74.9 Å². The van der Waals surface area contributed by atoms with Gasteiger partial charge in [0.25, 0.3) is 0 Å². The first-order valence-electron chi connectivity index (χ1n) is 15.9. The molecule has 0 saturated carbocycles. The SMILES string of the molecule is C=C(C)Cc1c(NCc2ccco2)nc(-c2ccc(Cl)c(F)c2)nc1C(=O)OC.COC(=O)c1nc(-c2ccc(Cl)c(F)c2)nc2c1cc(C)n2C.O=C=O. The smallest absolute Gasteiger partial charge is 0.373 e. The number of ether oxygens (including phenoxy) is 2. The van der Waals surface area contributed by atoms with Crippen molar-refractivity contribution < 1.29 is 41.8 Å². The number of methoxy groups -OCH3 is 2. The lowest BCUT2D eigenvalue weighted by atomic mass is 10.0. The maximum Gasteiger partial charge on any atom is 0.373 e. The van der Waals surface area contributed by atoms with Crippen molar-refractivity contribution in [3.63, 3.8) is 0 Å². The highest BCUT2D eigenvalue weighted by Gasteiger charge is 2.23. The highest BCUT2D eigenvalue weighted by Crippen LogP contribution is 2.29. The number of hydrogen-bond donors (Lipinski definition) is 1. The molecule has 0 saturated heterocycles. The van der Waals surface area contributed by atoms with E-state index < -0.39 is 23.6 Å². The predicted molar refractivity (Wildman–Crippen MR) is 198 cm³/mol. The maximum atomic E-state index is 14.0. The predicted octanol–water partition coefficient (Wildman–Crippen LogP) is 7.99. The number of carbonyl (C=O) groups is 2. The molecule has 17 heteroatoms. The van der Waals surface area contributed by atoms with E-state index in [1.54, 1.807) is 24.5 Å². The molecule has 2 aromatic carbocycles. The van der Waals surface area contributed by atoms with Crippen LogP contribution in [0, 0.1) is 18.6 Å². The lowest BCUT2D eigenvalue weighted by Gasteiger charge is -2.15. The van der Waals surface area contributed by atoms with E-state index in [1.165, 1.54) is 38.5 Å². The number of benzene rings is 2. The molecular formula is C38H32Cl2F2N6O7. The lowest BCUT2D eigenvalue weighted by molar-refractivity contribution is -0.191. The number of esters is 2. The van der Waals surface area contributed by atoms with Crippen LogP contribution in [0.25, 0.3) is 33.8 Å². The molecule has 0 bridgehead atoms. The van der Waals surface area contributed by atoms with Gasteiger partial charge in [-0.15, -0.1) is 0 Å². The summed E-state index contributed by atoms with van der Waals surface area (Å²) in [4.78, 5) is 58.3. The van der Waals surface area contributed by atoms with Crippen LogP contribution in [0.15, 0.2) is 77.4 Å². The molecule has 284 valence electrons. The molecule has 0 radical (unpaired) electrons. The zero-order valence-electron chi connectivity index (χ0n) is 30.0. The first-order chi connectivity index (χ1) is 26.2. The van der Waals surface area contributed by atoms with Crippen molar-refractivity contribution in [1.29, 1.82) is 0 Å². The van der Waals surface area contributed by atoms with Crippen molar-refractivity contribution in [2.45, 2.75) is 26.8 Å². The molecule has 4 heterocycles. The van der Waals surface area contributed by atoms with E-state index in [2.05, 4.69) is 31.8 Å². The standard InChI is InChI=1S/C21H19ClFN3O3.C16H13ClFN3O2.CO2/c1-12(2)9-15-18(21(27)28-3)25-19(13-6-7-16(22)17(23)10-13)26-20(15)24-11-14-5-4-8-29-14;1-8-6-10-13(16(22)23-3)19-14(20-15(10)21(8)2)9-4-5-11(17)12(18)7-9;2-1-3/h4-8,10H,1,9,11H2,2-3H3,(H,24,25,26);4-7H,1-3H3;. The number of carbonyl (C=O) groups excluding carboxylic acids is 4. The van der Waals surface area contributed by atoms with Crippen molar-refractivity contribution in [1.82, 2.24) is 24.5 Å². The Morgan fingerprint density at radius 3 is 1.95 bits per heavy atom. The zero-order valence-corrected chi connectivity index (χ0v) is 31.5. The van der Waals surface area contributed by atoms with Gasteiger partial charge in [0.15, 0.2) is 23.0 Å². The first-order valence-corrected chi connectivity index (χ1v) is 16.7. The van der Waals surface area contributed by atoms with E-state index in [0.717, 1.165) is 11.3 Å². The molecule has 6 rings (SSSR count). The summed E-state index contributed by atoms with van der Waals surface area (Å²) in [6.45, 7) is 7.97. The fourth-order valence-electron chi connectivity index (χ4n) is 5.05. The summed E-state index contributed by atoms with van der Waals surface area (Å²) in [5.41, 5.74) is 3.86. The summed E-state index contributed by atoms with van der Waals surface area (Å²) >= 11 is 11.5. The van der Waals surface area contributed by atoms with E-state index in [-0.39, 0.29) is 39.2 Å². The van der Waals surface area contributed by atoms with Gasteiger partial charge >= 0.3 is 18.1 Å². The molecule has 0 aliphatic heterocycles. The largest absolute Gasteiger partial charge is 0.467 e. The second-order valence-electron chi connectivity index (χ2n) is 11.6. The Morgan fingerprint density at radius 1 is 0.891 bits per heavy atom. The third-order valence-electron chi connectivity index (χ3n) is 7.73. The molecule has 0 amide bonds. The van der Waals surface area contributed by atoms with E-state index in [4.69, 9.17) is 46.7 Å². The van der Waals surface area contributed by atoms with Gasteiger partial charge in [0.1, 0.15) is 28.9 Å². The molecule has 0 spiro atoms. The van der Waals surface area contributed by atoms with Crippen LogP contribution < -0.4 is 5.32 Å². The average molecular weight is 794 g/mol. The quantitative estimate of drug-likeness (QED) is 0.111. The maximum absolute atomic E-state index is 14.0. The molecule has 55 heavy (non-hydrogen) atoms. The van der Waals surface area contributed by atoms with Gasteiger partial charge in [0.2, 0.25) is 0 Å². The molecule has 13 nitrogen and oxygen atoms in total. The minimum Gasteiger partial charge on any atom is -0.467 e. The molecule has 1 N–H and O–H groups in total. The fourth-order valence-corrected chi connectivity index (χ4v) is 5.28. The van der Waals surface area contributed by atoms with Crippen LogP contribution in [-0.4, -0.2) is 56.8 Å². The number of rotatable bonds is 9. The number of hydrogen-bond acceptors (Lipinski definition) is 12. The normalized spacial score (nSPS) is 10.3. The summed E-state index contributed by atoms with van der Waals surface area (Å²) in [6, 6.07) is 13.9. The van der Waals surface area contributed by atoms with Crippen molar-refractivity contribution in [3.05, 3.63) is 123 Å². The van der Waals surface area contributed by atoms with Crippen LogP contribution in [0.5, 0.6) is 0 Å². The second-order valence-corrected chi connectivity index (χ2v) is 12.4. The van der Waals surface area contributed by atoms with Crippen molar-refractivity contribution >= 4 is 58.1 Å². The molecule has 0 unspecified atom stereocenters. The number of fused-ring (bicyclic) bond motifs is 1. The van der Waals surface area contributed by atoms with Crippen LogP contribution in [0.2, 0.25) is 10.0 Å². The average Bonchev–Trinajstić information content (AvgIpc) is 3.79. The Labute approximate surface area is 322 Å². The molecule has 0 atom stereocenters. The van der Waals surface area contributed by atoms with Crippen molar-refractivity contribution in [2.24, 2.45) is 7.05 Å². The summed E-state index contributed by atoms with van der Waals surface area (Å²) in [5.74, 6) is -0.894. The van der Waals surface area contributed by atoms with Crippen LogP contribution in [-0.2, 0) is 39.1 Å². The Balaban J connectivity index is 0.000000233. The number of allylic oxidation sites excluding steroid dienone is 1. The minimum absolute atomic E-state index is 0.0118. The Hall–Kier alpha value is -6.28. The lowest BCUT2D eigenvalue weighted by Crippen LogP contribution is -2.15. The second kappa shape index (κ2) is 18.7. The molecule has 4 aromatic heterocycles. The molecule has 0 fully saturated rings. The van der Waals surface area contributed by atoms with Gasteiger partial charge in [-0.2, -0.15) is 9.59 Å². The molecule has 0 aliphatic rings. The highest BCUT2D eigenvalue weighted by atomic mass is 35.5. The van der Waals surface area contributed by atoms with Crippen LogP contribution in [0.4, 0.5) is 14.6 Å². The molecule has 0 aliphatic carbocycles. The van der Waals surface area contributed by atoms with E-state index in [0.29, 0.717) is 52.3 Å². The Morgan fingerprint density at radius 2 is 1.44 bits per heavy atom. The van der Waals surface area contributed by atoms with Gasteiger partial charge < -0.3 is 23.8 Å². The topological polar surface area (TPSA) is 168 Å². The van der Waals surface area contributed by atoms with Crippen LogP contribution >= 0.6 is 23.2 Å². The monoisotopic (exact) mass is 792 g/mol. The van der Waals surface area contributed by atoms with E-state index in [1.807, 2.05) is 37.6 Å². The fraction of sp³-hybridized carbons (Fsp3) is 0.184. The summed E-state index contributed by atoms with van der Waals surface area (Å²) in [6.07, 6.45) is 2.17. The number of anilines is 1. The van der Waals surface area contributed by atoms with Gasteiger partial charge in [-0.25, -0.2) is 38.3 Å². The summed E-state index contributed by atoms with van der Waals surface area (Å²) in [5, 5.41) is 3.75. The van der Waals surface area contributed by atoms with Gasteiger partial charge in [0.05, 0.1) is 42.5 Å². The Bertz CT molecular complexity index is 2410.